The molecule has 130 valence electrons. The molecule has 0 bridgehead atoms. The normalized spacial score (nSPS) is 12.3. The van der Waals surface area contributed by atoms with Crippen LogP contribution in [0.5, 0.6) is 0 Å². The maximum absolute atomic E-state index is 13.2. The summed E-state index contributed by atoms with van der Waals surface area (Å²) in [6, 6.07) is 8.09. The zero-order chi connectivity index (χ0) is 18.0. The Hall–Kier alpha value is -2.87. The van der Waals surface area contributed by atoms with E-state index in [9.17, 15) is 18.7 Å². The minimum atomic E-state index is -1.15. The van der Waals surface area contributed by atoms with Crippen LogP contribution in [0.1, 0.15) is 28.9 Å². The molecule has 1 atom stereocenters. The second-order valence-corrected chi connectivity index (χ2v) is 5.51. The Kier molecular flexibility index (Phi) is 4.71. The number of hydrogen-bond donors (Lipinski definition) is 2. The van der Waals surface area contributed by atoms with Gasteiger partial charge in [0.05, 0.1) is 11.6 Å². The van der Waals surface area contributed by atoms with Gasteiger partial charge in [-0.3, -0.25) is 4.79 Å². The Morgan fingerprint density at radius 3 is 2.76 bits per heavy atom. The van der Waals surface area contributed by atoms with Crippen LogP contribution in [0.4, 0.5) is 8.78 Å². The number of aryl methyl sites for hydroxylation is 1. The number of carbonyl (C=O) groups excluding carboxylic acids is 1. The van der Waals surface area contributed by atoms with Crippen molar-refractivity contribution in [3.8, 4) is 0 Å². The third-order valence-corrected chi connectivity index (χ3v) is 3.86. The van der Waals surface area contributed by atoms with Crippen LogP contribution in [0.15, 0.2) is 36.4 Å². The van der Waals surface area contributed by atoms with Crippen molar-refractivity contribution in [3.05, 3.63) is 59.2 Å². The van der Waals surface area contributed by atoms with Crippen molar-refractivity contribution in [2.24, 2.45) is 0 Å². The van der Waals surface area contributed by atoms with Gasteiger partial charge < -0.3 is 10.4 Å². The maximum atomic E-state index is 13.2. The first-order valence-electron chi connectivity index (χ1n) is 7.74. The van der Waals surface area contributed by atoms with E-state index in [1.807, 2.05) is 6.92 Å². The molecule has 1 amide bonds. The fourth-order valence-corrected chi connectivity index (χ4v) is 2.48. The summed E-state index contributed by atoms with van der Waals surface area (Å²) in [7, 11) is 0. The number of carbonyl (C=O) groups is 1. The van der Waals surface area contributed by atoms with E-state index >= 15 is 0 Å². The van der Waals surface area contributed by atoms with E-state index in [2.05, 4.69) is 15.6 Å². The summed E-state index contributed by atoms with van der Waals surface area (Å²) in [6.45, 7) is 2.47. The number of nitrogens with zero attached hydrogens (tertiary/aromatic N) is 3. The molecule has 3 aromatic rings. The highest BCUT2D eigenvalue weighted by Crippen LogP contribution is 2.17. The molecule has 1 aromatic heterocycles. The second-order valence-electron chi connectivity index (χ2n) is 5.51. The van der Waals surface area contributed by atoms with Gasteiger partial charge in [0.25, 0.3) is 5.91 Å². The highest BCUT2D eigenvalue weighted by atomic mass is 19.2. The predicted octanol–water partition coefficient (Wildman–Crippen LogP) is 2.19. The summed E-state index contributed by atoms with van der Waals surface area (Å²) in [5.41, 5.74) is 1.96. The lowest BCUT2D eigenvalue weighted by molar-refractivity contribution is 0.0916. The number of rotatable bonds is 5. The van der Waals surface area contributed by atoms with Gasteiger partial charge in [-0.25, -0.2) is 13.5 Å². The van der Waals surface area contributed by atoms with Crippen molar-refractivity contribution >= 4 is 16.9 Å². The molecule has 1 unspecified atom stereocenters. The van der Waals surface area contributed by atoms with E-state index < -0.39 is 23.6 Å². The van der Waals surface area contributed by atoms with Gasteiger partial charge in [0, 0.05) is 18.7 Å². The van der Waals surface area contributed by atoms with Crippen molar-refractivity contribution in [3.63, 3.8) is 0 Å². The van der Waals surface area contributed by atoms with E-state index in [0.717, 1.165) is 17.6 Å². The van der Waals surface area contributed by atoms with Gasteiger partial charge in [0.1, 0.15) is 5.52 Å². The van der Waals surface area contributed by atoms with Crippen molar-refractivity contribution in [1.29, 1.82) is 0 Å². The van der Waals surface area contributed by atoms with Gasteiger partial charge in [-0.15, -0.1) is 5.10 Å². The molecule has 25 heavy (non-hydrogen) atoms. The van der Waals surface area contributed by atoms with E-state index in [4.69, 9.17) is 0 Å². The fraction of sp³-hybridized carbons (Fsp3) is 0.235. The summed E-state index contributed by atoms with van der Waals surface area (Å²) >= 11 is 0. The summed E-state index contributed by atoms with van der Waals surface area (Å²) in [4.78, 5) is 12.2. The van der Waals surface area contributed by atoms with Crippen molar-refractivity contribution in [1.82, 2.24) is 20.3 Å². The molecular weight excluding hydrogens is 330 g/mol. The molecular formula is C17H16F2N4O2. The first-order chi connectivity index (χ1) is 12.0. The Morgan fingerprint density at radius 1 is 1.24 bits per heavy atom. The van der Waals surface area contributed by atoms with E-state index in [-0.39, 0.29) is 12.1 Å². The van der Waals surface area contributed by atoms with Crippen LogP contribution in [0.2, 0.25) is 0 Å². The minimum absolute atomic E-state index is 0.135. The SMILES string of the molecule is CCn1nnc2cc(C(=O)NCC(O)c3ccc(F)c(F)c3)ccc21. The number of aromatic nitrogens is 3. The average molecular weight is 346 g/mol. The Balaban J connectivity index is 1.68. The molecule has 0 spiro atoms. The van der Waals surface area contributed by atoms with Crippen LogP contribution in [0.3, 0.4) is 0 Å². The number of benzene rings is 2. The number of nitrogens with one attached hydrogen (secondary N) is 1. The highest BCUT2D eigenvalue weighted by molar-refractivity contribution is 5.97. The molecule has 3 rings (SSSR count). The number of halogens is 2. The van der Waals surface area contributed by atoms with Gasteiger partial charge in [-0.2, -0.15) is 0 Å². The van der Waals surface area contributed by atoms with Crippen LogP contribution in [0.25, 0.3) is 11.0 Å². The number of fused-ring (bicyclic) bond motifs is 1. The summed E-state index contributed by atoms with van der Waals surface area (Å²) in [5, 5.41) is 20.5. The molecule has 0 aliphatic carbocycles. The predicted molar refractivity (Wildman–Crippen MR) is 86.9 cm³/mol. The summed E-state index contributed by atoms with van der Waals surface area (Å²) in [6.07, 6.45) is -1.15. The first-order valence-corrected chi connectivity index (χ1v) is 7.74. The molecule has 2 N–H and O–H groups in total. The molecule has 0 saturated heterocycles. The molecule has 0 aliphatic rings. The van der Waals surface area contributed by atoms with Gasteiger partial charge in [-0.05, 0) is 42.8 Å². The van der Waals surface area contributed by atoms with E-state index in [0.29, 0.717) is 17.6 Å². The maximum Gasteiger partial charge on any atom is 0.251 e. The fourth-order valence-electron chi connectivity index (χ4n) is 2.48. The average Bonchev–Trinajstić information content (AvgIpc) is 3.03. The largest absolute Gasteiger partial charge is 0.387 e. The zero-order valence-electron chi connectivity index (χ0n) is 13.4. The third kappa shape index (κ3) is 3.48. The van der Waals surface area contributed by atoms with E-state index in [1.54, 1.807) is 22.9 Å². The number of amides is 1. The molecule has 0 saturated carbocycles. The number of aliphatic hydroxyl groups is 1. The second kappa shape index (κ2) is 6.94. The zero-order valence-corrected chi connectivity index (χ0v) is 13.4. The lowest BCUT2D eigenvalue weighted by Gasteiger charge is -2.12. The molecule has 6 nitrogen and oxygen atoms in total. The van der Waals surface area contributed by atoms with Crippen molar-refractivity contribution < 1.29 is 18.7 Å². The number of hydrogen-bond acceptors (Lipinski definition) is 4. The van der Waals surface area contributed by atoms with Gasteiger partial charge in [0.15, 0.2) is 11.6 Å². The van der Waals surface area contributed by atoms with Gasteiger partial charge in [-0.1, -0.05) is 11.3 Å². The lowest BCUT2D eigenvalue weighted by atomic mass is 10.1. The Bertz CT molecular complexity index is 926. The van der Waals surface area contributed by atoms with Crippen molar-refractivity contribution in [2.75, 3.05) is 6.54 Å². The third-order valence-electron chi connectivity index (χ3n) is 3.86. The van der Waals surface area contributed by atoms with Crippen LogP contribution in [-0.4, -0.2) is 32.6 Å². The van der Waals surface area contributed by atoms with Crippen LogP contribution in [-0.2, 0) is 6.54 Å². The quantitative estimate of drug-likeness (QED) is 0.742. The number of aliphatic hydroxyl groups excluding tert-OH is 1. The first kappa shape index (κ1) is 17.0. The minimum Gasteiger partial charge on any atom is -0.387 e. The molecule has 8 heteroatoms. The summed E-state index contributed by atoms with van der Waals surface area (Å²) in [5.74, 6) is -2.45. The molecule has 0 aliphatic heterocycles. The molecule has 0 fully saturated rings. The van der Waals surface area contributed by atoms with E-state index in [1.165, 1.54) is 6.07 Å². The molecule has 2 aromatic carbocycles. The van der Waals surface area contributed by atoms with Crippen molar-refractivity contribution in [2.45, 2.75) is 19.6 Å². The van der Waals surface area contributed by atoms with Gasteiger partial charge >= 0.3 is 0 Å². The smallest absolute Gasteiger partial charge is 0.251 e. The highest BCUT2D eigenvalue weighted by Gasteiger charge is 2.14. The summed E-state index contributed by atoms with van der Waals surface area (Å²) < 4.78 is 27.8. The lowest BCUT2D eigenvalue weighted by Crippen LogP contribution is -2.28. The van der Waals surface area contributed by atoms with Crippen LogP contribution in [0, 0.1) is 11.6 Å². The van der Waals surface area contributed by atoms with Crippen LogP contribution < -0.4 is 5.32 Å². The Labute approximate surface area is 142 Å². The topological polar surface area (TPSA) is 80.0 Å². The molecule has 0 radical (unpaired) electrons. The molecule has 1 heterocycles. The monoisotopic (exact) mass is 346 g/mol. The van der Waals surface area contributed by atoms with Gasteiger partial charge in [0.2, 0.25) is 0 Å². The van der Waals surface area contributed by atoms with Crippen LogP contribution >= 0.6 is 0 Å². The Morgan fingerprint density at radius 2 is 2.04 bits per heavy atom. The standard InChI is InChI=1S/C17H16F2N4O2/c1-2-23-15-6-4-11(8-14(15)21-22-23)17(25)20-9-16(24)10-3-5-12(18)13(19)7-10/h3-8,16,24H,2,9H2,1H3,(H,20,25).